The summed E-state index contributed by atoms with van der Waals surface area (Å²) in [6.45, 7) is 5.64. The number of amides is 3. The number of halogens is 3. The lowest BCUT2D eigenvalue weighted by molar-refractivity contribution is -0.138. The quantitative estimate of drug-likeness (QED) is 0.629. The fourth-order valence-electron chi connectivity index (χ4n) is 4.55. The van der Waals surface area contributed by atoms with Crippen molar-refractivity contribution >= 4 is 23.5 Å². The van der Waals surface area contributed by atoms with Crippen LogP contribution in [-0.2, 0) is 15.8 Å². The number of imide groups is 1. The first-order valence-corrected chi connectivity index (χ1v) is 10.8. The maximum Gasteiger partial charge on any atom is 0.417 e. The van der Waals surface area contributed by atoms with Gasteiger partial charge in [-0.3, -0.25) is 19.7 Å². The van der Waals surface area contributed by atoms with Gasteiger partial charge in [-0.1, -0.05) is 29.8 Å². The van der Waals surface area contributed by atoms with Gasteiger partial charge >= 0.3 is 12.2 Å². The molecule has 2 atom stereocenters. The molecule has 0 aliphatic heterocycles. The molecule has 0 heterocycles. The van der Waals surface area contributed by atoms with Crippen LogP contribution in [0.4, 0.5) is 18.0 Å². The molecule has 0 aromatic heterocycles. The summed E-state index contributed by atoms with van der Waals surface area (Å²) < 4.78 is 39.2. The average Bonchev–Trinajstić information content (AvgIpc) is 3.00. The molecule has 180 valence electrons. The molecular weight excluding hydrogens is 449 g/mol. The van der Waals surface area contributed by atoms with Crippen LogP contribution in [0.1, 0.15) is 56.9 Å². The van der Waals surface area contributed by atoms with Crippen molar-refractivity contribution in [2.24, 2.45) is 5.92 Å². The number of rotatable bonds is 5. The zero-order valence-corrected chi connectivity index (χ0v) is 19.0. The van der Waals surface area contributed by atoms with E-state index in [0.717, 1.165) is 40.5 Å². The van der Waals surface area contributed by atoms with E-state index >= 15 is 0 Å². The Morgan fingerprint density at radius 2 is 1.65 bits per heavy atom. The number of benzene rings is 2. The van der Waals surface area contributed by atoms with E-state index in [1.54, 1.807) is 0 Å². The number of ketones is 2. The van der Waals surface area contributed by atoms with E-state index in [0.29, 0.717) is 0 Å². The number of aryl methyl sites for hydroxylation is 3. The van der Waals surface area contributed by atoms with Crippen molar-refractivity contribution in [2.75, 3.05) is 6.54 Å². The first-order chi connectivity index (χ1) is 15.9. The lowest BCUT2D eigenvalue weighted by Gasteiger charge is -2.16. The Balaban J connectivity index is 1.58. The average molecular weight is 474 g/mol. The Labute approximate surface area is 194 Å². The monoisotopic (exact) mass is 474 g/mol. The Morgan fingerprint density at radius 3 is 2.26 bits per heavy atom. The molecule has 3 rings (SSSR count). The van der Waals surface area contributed by atoms with Gasteiger partial charge in [-0.15, -0.1) is 0 Å². The smallest absolute Gasteiger partial charge is 0.338 e. The summed E-state index contributed by atoms with van der Waals surface area (Å²) in [6, 6.07) is 7.00. The van der Waals surface area contributed by atoms with Gasteiger partial charge in [0.05, 0.1) is 11.1 Å². The highest BCUT2D eigenvalue weighted by Gasteiger charge is 2.42. The van der Waals surface area contributed by atoms with E-state index in [9.17, 15) is 32.3 Å². The van der Waals surface area contributed by atoms with Crippen LogP contribution in [0.25, 0.3) is 0 Å². The second-order valence-corrected chi connectivity index (χ2v) is 8.56. The highest BCUT2D eigenvalue weighted by molar-refractivity contribution is 6.15. The third-order valence-electron chi connectivity index (χ3n) is 5.97. The number of hydrogen-bond donors (Lipinski definition) is 2. The van der Waals surface area contributed by atoms with Crippen molar-refractivity contribution in [2.45, 2.75) is 45.7 Å². The molecule has 1 aliphatic rings. The summed E-state index contributed by atoms with van der Waals surface area (Å²) in [4.78, 5) is 49.8. The van der Waals surface area contributed by atoms with E-state index in [4.69, 9.17) is 0 Å². The molecule has 1 saturated carbocycles. The lowest BCUT2D eigenvalue weighted by Crippen LogP contribution is -2.41. The van der Waals surface area contributed by atoms with Gasteiger partial charge in [-0.2, -0.15) is 13.2 Å². The van der Waals surface area contributed by atoms with Crippen molar-refractivity contribution in [3.05, 3.63) is 69.8 Å². The highest BCUT2D eigenvalue weighted by atomic mass is 19.4. The first-order valence-electron chi connectivity index (χ1n) is 10.8. The summed E-state index contributed by atoms with van der Waals surface area (Å²) in [6.07, 6.45) is -4.52. The number of urea groups is 1. The minimum atomic E-state index is -4.75. The van der Waals surface area contributed by atoms with Crippen molar-refractivity contribution in [1.82, 2.24) is 10.6 Å². The molecule has 0 spiro atoms. The summed E-state index contributed by atoms with van der Waals surface area (Å²) in [5, 5.41) is 4.24. The van der Waals surface area contributed by atoms with Crippen LogP contribution in [0.3, 0.4) is 0 Å². The number of hydrogen-bond acceptors (Lipinski definition) is 4. The highest BCUT2D eigenvalue weighted by Crippen LogP contribution is 2.37. The largest absolute Gasteiger partial charge is 0.417 e. The Bertz CT molecular complexity index is 1130. The fourth-order valence-corrected chi connectivity index (χ4v) is 4.55. The van der Waals surface area contributed by atoms with Gasteiger partial charge in [0.25, 0.3) is 5.91 Å². The number of nitrogens with one attached hydrogen (secondary N) is 2. The summed E-state index contributed by atoms with van der Waals surface area (Å²) >= 11 is 0. The molecule has 2 N–H and O–H groups in total. The molecule has 0 saturated heterocycles. The Morgan fingerprint density at radius 1 is 1.03 bits per heavy atom. The molecule has 0 bridgehead atoms. The van der Waals surface area contributed by atoms with Crippen molar-refractivity contribution in [3.63, 3.8) is 0 Å². The molecular formula is C25H25F3N2O4. The van der Waals surface area contributed by atoms with E-state index in [1.165, 1.54) is 6.07 Å². The normalized spacial score (nSPS) is 18.2. The molecule has 0 radical (unpaired) electrons. The topological polar surface area (TPSA) is 92.3 Å². The number of Topliss-reactive ketones (excluding diaryl/α,β-unsaturated/α-hetero) is 2. The van der Waals surface area contributed by atoms with Crippen molar-refractivity contribution < 1.29 is 32.3 Å². The van der Waals surface area contributed by atoms with Gasteiger partial charge < -0.3 is 5.32 Å². The summed E-state index contributed by atoms with van der Waals surface area (Å²) in [5.41, 5.74) is 1.69. The molecule has 6 nitrogen and oxygen atoms in total. The Kier molecular flexibility index (Phi) is 7.24. The maximum atomic E-state index is 13.1. The van der Waals surface area contributed by atoms with Gasteiger partial charge in [-0.25, -0.2) is 4.79 Å². The second kappa shape index (κ2) is 9.79. The minimum Gasteiger partial charge on any atom is -0.338 e. The van der Waals surface area contributed by atoms with E-state index in [2.05, 4.69) is 5.32 Å². The molecule has 1 fully saturated rings. The van der Waals surface area contributed by atoms with Crippen LogP contribution in [0.5, 0.6) is 0 Å². The second-order valence-electron chi connectivity index (χ2n) is 8.56. The van der Waals surface area contributed by atoms with Gasteiger partial charge in [0, 0.05) is 18.9 Å². The third-order valence-corrected chi connectivity index (χ3v) is 5.97. The standard InChI is InChI=1S/C25H25F3N2O4/c1-13-10-14(2)20(15(3)11-13)21-19(31)12-16(22(21)32)8-9-29-24(34)30-23(33)17-6-4-5-7-18(17)25(26,27)28/h4-7,10-11,16,21H,8-9,12H2,1-3H3,(H2,29,30,33,34). The molecule has 9 heteroatoms. The number of alkyl halides is 3. The predicted molar refractivity (Wildman–Crippen MR) is 118 cm³/mol. The van der Waals surface area contributed by atoms with Crippen molar-refractivity contribution in [1.29, 1.82) is 0 Å². The summed E-state index contributed by atoms with van der Waals surface area (Å²) in [7, 11) is 0. The van der Waals surface area contributed by atoms with Gasteiger partial charge in [0.2, 0.25) is 0 Å². The van der Waals surface area contributed by atoms with Gasteiger partial charge in [-0.05, 0) is 56.0 Å². The van der Waals surface area contributed by atoms with E-state index < -0.39 is 41.1 Å². The first kappa shape index (κ1) is 25.1. The van der Waals surface area contributed by atoms with Crippen LogP contribution in [-0.4, -0.2) is 30.0 Å². The van der Waals surface area contributed by atoms with Crippen LogP contribution in [0, 0.1) is 26.7 Å². The molecule has 34 heavy (non-hydrogen) atoms. The molecule has 2 aromatic rings. The number of carbonyl (C=O) groups is 4. The van der Waals surface area contributed by atoms with Crippen LogP contribution in [0.15, 0.2) is 36.4 Å². The molecule has 3 amide bonds. The lowest BCUT2D eigenvalue weighted by atomic mass is 9.86. The fraction of sp³-hybridized carbons (Fsp3) is 0.360. The van der Waals surface area contributed by atoms with Gasteiger partial charge in [0.15, 0.2) is 5.78 Å². The van der Waals surface area contributed by atoms with E-state index in [-0.39, 0.29) is 31.0 Å². The van der Waals surface area contributed by atoms with Crippen molar-refractivity contribution in [3.8, 4) is 0 Å². The van der Waals surface area contributed by atoms with Crippen LogP contribution >= 0.6 is 0 Å². The summed E-state index contributed by atoms with van der Waals surface area (Å²) in [5.74, 6) is -2.99. The van der Waals surface area contributed by atoms with Crippen LogP contribution < -0.4 is 10.6 Å². The zero-order chi connectivity index (χ0) is 25.2. The zero-order valence-electron chi connectivity index (χ0n) is 19.0. The van der Waals surface area contributed by atoms with E-state index in [1.807, 2.05) is 38.2 Å². The molecule has 2 aromatic carbocycles. The SMILES string of the molecule is Cc1cc(C)c(C2C(=O)CC(CCNC(=O)NC(=O)c3ccccc3C(F)(F)F)C2=O)c(C)c1. The molecule has 2 unspecified atom stereocenters. The molecule has 1 aliphatic carbocycles. The predicted octanol–water partition coefficient (Wildman–Crippen LogP) is 4.40. The minimum absolute atomic E-state index is 0.0255. The van der Waals surface area contributed by atoms with Gasteiger partial charge in [0.1, 0.15) is 11.7 Å². The Hall–Kier alpha value is -3.49. The van der Waals surface area contributed by atoms with Crippen LogP contribution in [0.2, 0.25) is 0 Å². The number of carbonyl (C=O) groups excluding carboxylic acids is 4. The third kappa shape index (κ3) is 5.35. The maximum absolute atomic E-state index is 13.1.